The standard InChI is InChI=1S/C12H23NO/c1-10-4-2-5-11(8-10)13-7-3-6-12(14)9-13/h10-12,14H,2-9H2,1H3/t10-,11-,12-/m1/s1. The summed E-state index contributed by atoms with van der Waals surface area (Å²) in [5.41, 5.74) is 0. The highest BCUT2D eigenvalue weighted by Gasteiger charge is 2.27. The molecule has 0 aromatic carbocycles. The molecule has 2 heteroatoms. The minimum atomic E-state index is -0.0546. The summed E-state index contributed by atoms with van der Waals surface area (Å²) in [5.74, 6) is 0.896. The van der Waals surface area contributed by atoms with Crippen LogP contribution in [0.3, 0.4) is 0 Å². The lowest BCUT2D eigenvalue weighted by molar-refractivity contribution is 0.0300. The number of likely N-dealkylation sites (tertiary alicyclic amines) is 1. The van der Waals surface area contributed by atoms with Crippen LogP contribution in [0.15, 0.2) is 0 Å². The number of rotatable bonds is 1. The van der Waals surface area contributed by atoms with Gasteiger partial charge in [0.15, 0.2) is 0 Å². The van der Waals surface area contributed by atoms with Crippen molar-refractivity contribution in [1.82, 2.24) is 4.90 Å². The third-order valence-electron chi connectivity index (χ3n) is 3.85. The molecule has 2 aliphatic rings. The average Bonchev–Trinajstić information content (AvgIpc) is 2.18. The van der Waals surface area contributed by atoms with Crippen molar-refractivity contribution in [3.05, 3.63) is 0 Å². The number of aliphatic hydroxyl groups is 1. The number of aliphatic hydroxyl groups excluding tert-OH is 1. The van der Waals surface area contributed by atoms with Crippen molar-refractivity contribution < 1.29 is 5.11 Å². The van der Waals surface area contributed by atoms with Crippen LogP contribution in [-0.2, 0) is 0 Å². The highest BCUT2D eigenvalue weighted by Crippen LogP contribution is 2.28. The van der Waals surface area contributed by atoms with Crippen LogP contribution in [-0.4, -0.2) is 35.2 Å². The molecule has 82 valence electrons. The van der Waals surface area contributed by atoms with Crippen molar-refractivity contribution in [2.75, 3.05) is 13.1 Å². The van der Waals surface area contributed by atoms with E-state index in [0.29, 0.717) is 0 Å². The Balaban J connectivity index is 1.86. The second kappa shape index (κ2) is 4.63. The molecule has 2 rings (SSSR count). The molecule has 1 N–H and O–H groups in total. The molecule has 1 aliphatic heterocycles. The van der Waals surface area contributed by atoms with Gasteiger partial charge in [-0.2, -0.15) is 0 Å². The number of β-amino-alcohol motifs (C(OH)–C–C–N with tert-alkyl or cyclic N) is 1. The van der Waals surface area contributed by atoms with Gasteiger partial charge in [-0.25, -0.2) is 0 Å². The smallest absolute Gasteiger partial charge is 0.0667 e. The van der Waals surface area contributed by atoms with Gasteiger partial charge in [0, 0.05) is 12.6 Å². The van der Waals surface area contributed by atoms with Crippen LogP contribution in [0.2, 0.25) is 0 Å². The topological polar surface area (TPSA) is 23.5 Å². The van der Waals surface area contributed by atoms with Crippen LogP contribution in [0, 0.1) is 5.92 Å². The monoisotopic (exact) mass is 197 g/mol. The van der Waals surface area contributed by atoms with E-state index >= 15 is 0 Å². The van der Waals surface area contributed by atoms with Crippen molar-refractivity contribution in [2.24, 2.45) is 5.92 Å². The van der Waals surface area contributed by atoms with E-state index in [1.54, 1.807) is 0 Å². The maximum absolute atomic E-state index is 9.63. The summed E-state index contributed by atoms with van der Waals surface area (Å²) in [6.45, 7) is 4.51. The van der Waals surface area contributed by atoms with E-state index in [1.807, 2.05) is 0 Å². The molecule has 0 unspecified atom stereocenters. The molecular weight excluding hydrogens is 174 g/mol. The summed E-state index contributed by atoms with van der Waals surface area (Å²) >= 11 is 0. The zero-order valence-corrected chi connectivity index (χ0v) is 9.28. The first-order valence-electron chi connectivity index (χ1n) is 6.18. The summed E-state index contributed by atoms with van der Waals surface area (Å²) < 4.78 is 0. The van der Waals surface area contributed by atoms with Gasteiger partial charge >= 0.3 is 0 Å². The Hall–Kier alpha value is -0.0800. The Bertz CT molecular complexity index is 163. The Kier molecular flexibility index (Phi) is 3.45. The molecule has 1 saturated carbocycles. The fourth-order valence-corrected chi connectivity index (χ4v) is 3.05. The SMILES string of the molecule is C[C@@H]1CCC[C@@H](N2CCC[C@@H](O)C2)C1. The van der Waals surface area contributed by atoms with Crippen molar-refractivity contribution in [3.63, 3.8) is 0 Å². The van der Waals surface area contributed by atoms with Crippen molar-refractivity contribution >= 4 is 0 Å². The lowest BCUT2D eigenvalue weighted by Gasteiger charge is -2.40. The van der Waals surface area contributed by atoms with Crippen LogP contribution >= 0.6 is 0 Å². The van der Waals surface area contributed by atoms with Crippen molar-refractivity contribution in [1.29, 1.82) is 0 Å². The van der Waals surface area contributed by atoms with Gasteiger partial charge in [-0.1, -0.05) is 19.8 Å². The van der Waals surface area contributed by atoms with E-state index in [1.165, 1.54) is 38.6 Å². The highest BCUT2D eigenvalue weighted by atomic mass is 16.3. The lowest BCUT2D eigenvalue weighted by Crippen LogP contribution is -2.46. The normalized spacial score (nSPS) is 41.1. The van der Waals surface area contributed by atoms with Gasteiger partial charge in [-0.3, -0.25) is 4.90 Å². The predicted molar refractivity (Wildman–Crippen MR) is 58.2 cm³/mol. The summed E-state index contributed by atoms with van der Waals surface area (Å²) in [7, 11) is 0. The Morgan fingerprint density at radius 1 is 1.14 bits per heavy atom. The summed E-state index contributed by atoms with van der Waals surface area (Å²) in [6.07, 6.45) is 7.65. The lowest BCUT2D eigenvalue weighted by atomic mass is 9.85. The molecule has 0 aromatic heterocycles. The molecular formula is C12H23NO. The number of hydrogen-bond donors (Lipinski definition) is 1. The van der Waals surface area contributed by atoms with E-state index in [0.717, 1.165) is 24.9 Å². The third-order valence-corrected chi connectivity index (χ3v) is 3.85. The molecule has 1 aliphatic carbocycles. The van der Waals surface area contributed by atoms with E-state index in [9.17, 15) is 5.11 Å². The molecule has 0 spiro atoms. The fourth-order valence-electron chi connectivity index (χ4n) is 3.05. The van der Waals surface area contributed by atoms with Gasteiger partial charge in [-0.05, 0) is 38.1 Å². The molecule has 14 heavy (non-hydrogen) atoms. The Labute approximate surface area is 87.3 Å². The van der Waals surface area contributed by atoms with Gasteiger partial charge in [0.25, 0.3) is 0 Å². The minimum Gasteiger partial charge on any atom is -0.392 e. The van der Waals surface area contributed by atoms with E-state index in [2.05, 4.69) is 11.8 Å². The van der Waals surface area contributed by atoms with E-state index < -0.39 is 0 Å². The van der Waals surface area contributed by atoms with Gasteiger partial charge in [-0.15, -0.1) is 0 Å². The quantitative estimate of drug-likeness (QED) is 0.695. The molecule has 1 heterocycles. The van der Waals surface area contributed by atoms with Crippen molar-refractivity contribution in [2.45, 2.75) is 57.6 Å². The van der Waals surface area contributed by atoms with Gasteiger partial charge in [0.2, 0.25) is 0 Å². The van der Waals surface area contributed by atoms with Crippen LogP contribution in [0.4, 0.5) is 0 Å². The molecule has 0 radical (unpaired) electrons. The molecule has 0 bridgehead atoms. The first kappa shape index (κ1) is 10.4. The van der Waals surface area contributed by atoms with Crippen LogP contribution in [0.25, 0.3) is 0 Å². The summed E-state index contributed by atoms with van der Waals surface area (Å²) in [4.78, 5) is 2.53. The number of hydrogen-bond acceptors (Lipinski definition) is 2. The summed E-state index contributed by atoms with van der Waals surface area (Å²) in [5, 5.41) is 9.63. The Morgan fingerprint density at radius 2 is 2.00 bits per heavy atom. The first-order chi connectivity index (χ1) is 6.75. The van der Waals surface area contributed by atoms with E-state index in [-0.39, 0.29) is 6.10 Å². The van der Waals surface area contributed by atoms with Crippen LogP contribution in [0.5, 0.6) is 0 Å². The van der Waals surface area contributed by atoms with E-state index in [4.69, 9.17) is 0 Å². The maximum Gasteiger partial charge on any atom is 0.0667 e. The number of piperidine rings is 1. The second-order valence-electron chi connectivity index (χ2n) is 5.22. The maximum atomic E-state index is 9.63. The summed E-state index contributed by atoms with van der Waals surface area (Å²) in [6, 6.07) is 0.772. The predicted octanol–water partition coefficient (Wildman–Crippen LogP) is 2.02. The van der Waals surface area contributed by atoms with Gasteiger partial charge in [0.1, 0.15) is 0 Å². The third kappa shape index (κ3) is 2.48. The zero-order valence-electron chi connectivity index (χ0n) is 9.28. The van der Waals surface area contributed by atoms with Crippen LogP contribution < -0.4 is 0 Å². The molecule has 3 atom stereocenters. The van der Waals surface area contributed by atoms with Gasteiger partial charge in [0.05, 0.1) is 6.10 Å². The Morgan fingerprint density at radius 3 is 2.71 bits per heavy atom. The molecule has 2 nitrogen and oxygen atoms in total. The molecule has 2 fully saturated rings. The van der Waals surface area contributed by atoms with Crippen molar-refractivity contribution in [3.8, 4) is 0 Å². The molecule has 1 saturated heterocycles. The zero-order chi connectivity index (χ0) is 9.97. The molecule has 0 amide bonds. The largest absolute Gasteiger partial charge is 0.392 e. The molecule has 0 aromatic rings. The highest BCUT2D eigenvalue weighted by molar-refractivity contribution is 4.82. The first-order valence-corrected chi connectivity index (χ1v) is 6.18. The average molecular weight is 197 g/mol. The van der Waals surface area contributed by atoms with Crippen LogP contribution in [0.1, 0.15) is 45.4 Å². The second-order valence-corrected chi connectivity index (χ2v) is 5.22. The minimum absolute atomic E-state index is 0.0546. The van der Waals surface area contributed by atoms with Gasteiger partial charge < -0.3 is 5.11 Å². The fraction of sp³-hybridized carbons (Fsp3) is 1.00. The number of nitrogens with zero attached hydrogens (tertiary/aromatic N) is 1.